The fraction of sp³-hybridized carbons (Fsp3) is 1.00. The van der Waals surface area contributed by atoms with Crippen molar-refractivity contribution >= 4 is 11.8 Å². The molecule has 0 aromatic heterocycles. The molecule has 1 saturated heterocycles. The summed E-state index contributed by atoms with van der Waals surface area (Å²) in [5, 5.41) is 0.884. The number of nitrogens with one attached hydrogen (secondary N) is 1. The fourth-order valence-corrected chi connectivity index (χ4v) is 6.08. The highest BCUT2D eigenvalue weighted by atomic mass is 32.2. The molecule has 0 radical (unpaired) electrons. The molecule has 122 valence electrons. The minimum Gasteiger partial charge on any atom is -0.375 e. The van der Waals surface area contributed by atoms with Gasteiger partial charge in [0.2, 0.25) is 0 Å². The van der Waals surface area contributed by atoms with Gasteiger partial charge in [-0.15, -0.1) is 0 Å². The first kappa shape index (κ1) is 16.1. The molecule has 3 N–H and O–H groups in total. The second kappa shape index (κ2) is 7.67. The molecule has 0 amide bonds. The average molecular weight is 313 g/mol. The van der Waals surface area contributed by atoms with Crippen LogP contribution in [-0.2, 0) is 4.74 Å². The van der Waals surface area contributed by atoms with Gasteiger partial charge in [-0.1, -0.05) is 32.1 Å². The molecule has 3 aliphatic rings. The number of nitrogens with two attached hydrogens (primary N) is 1. The molecule has 2 atom stereocenters. The van der Waals surface area contributed by atoms with E-state index >= 15 is 0 Å². The summed E-state index contributed by atoms with van der Waals surface area (Å²) < 4.78 is 6.17. The van der Waals surface area contributed by atoms with Crippen molar-refractivity contribution in [2.45, 2.75) is 87.5 Å². The van der Waals surface area contributed by atoms with Crippen LogP contribution in [0.2, 0.25) is 0 Å². The predicted molar refractivity (Wildman–Crippen MR) is 90.3 cm³/mol. The molecule has 2 unspecified atom stereocenters. The Morgan fingerprint density at radius 2 is 1.86 bits per heavy atom. The third kappa shape index (κ3) is 4.15. The van der Waals surface area contributed by atoms with Crippen molar-refractivity contribution in [3.05, 3.63) is 0 Å². The Morgan fingerprint density at radius 1 is 1.10 bits per heavy atom. The highest BCUT2D eigenvalue weighted by molar-refractivity contribution is 7.99. The van der Waals surface area contributed by atoms with Gasteiger partial charge < -0.3 is 4.74 Å². The van der Waals surface area contributed by atoms with E-state index in [1.165, 1.54) is 76.4 Å². The third-order valence-electron chi connectivity index (χ3n) is 5.89. The van der Waals surface area contributed by atoms with Gasteiger partial charge in [0.25, 0.3) is 0 Å². The summed E-state index contributed by atoms with van der Waals surface area (Å²) >= 11 is 2.17. The van der Waals surface area contributed by atoms with Crippen molar-refractivity contribution in [1.82, 2.24) is 5.43 Å². The highest BCUT2D eigenvalue weighted by Gasteiger charge is 2.41. The maximum Gasteiger partial charge on any atom is 0.0685 e. The lowest BCUT2D eigenvalue weighted by Gasteiger charge is -2.41. The van der Waals surface area contributed by atoms with Crippen molar-refractivity contribution in [3.8, 4) is 0 Å². The second-order valence-electron chi connectivity index (χ2n) is 7.36. The molecular formula is C17H32N2OS. The van der Waals surface area contributed by atoms with E-state index in [4.69, 9.17) is 10.6 Å². The summed E-state index contributed by atoms with van der Waals surface area (Å²) in [5.41, 5.74) is 3.36. The number of hydrazine groups is 1. The van der Waals surface area contributed by atoms with E-state index in [9.17, 15) is 0 Å². The van der Waals surface area contributed by atoms with Crippen molar-refractivity contribution < 1.29 is 4.74 Å². The van der Waals surface area contributed by atoms with Gasteiger partial charge >= 0.3 is 0 Å². The van der Waals surface area contributed by atoms with E-state index in [-0.39, 0.29) is 5.60 Å². The average Bonchev–Trinajstić information content (AvgIpc) is 2.97. The molecule has 0 aromatic rings. The van der Waals surface area contributed by atoms with E-state index in [2.05, 4.69) is 17.2 Å². The summed E-state index contributed by atoms with van der Waals surface area (Å²) in [6.45, 7) is 0.941. The number of hydrogen-bond donors (Lipinski definition) is 2. The van der Waals surface area contributed by atoms with E-state index in [1.807, 2.05) is 0 Å². The molecule has 3 rings (SSSR count). The largest absolute Gasteiger partial charge is 0.375 e. The Kier molecular flexibility index (Phi) is 5.88. The van der Waals surface area contributed by atoms with Crippen LogP contribution >= 0.6 is 11.8 Å². The van der Waals surface area contributed by atoms with Gasteiger partial charge in [-0.2, -0.15) is 11.8 Å². The molecule has 3 nitrogen and oxygen atoms in total. The topological polar surface area (TPSA) is 47.3 Å². The zero-order valence-electron chi connectivity index (χ0n) is 13.3. The predicted octanol–water partition coefficient (Wildman–Crippen LogP) is 3.62. The zero-order valence-corrected chi connectivity index (χ0v) is 14.1. The van der Waals surface area contributed by atoms with Crippen LogP contribution in [0, 0.1) is 5.92 Å². The smallest absolute Gasteiger partial charge is 0.0685 e. The van der Waals surface area contributed by atoms with Crippen LogP contribution in [0.15, 0.2) is 0 Å². The summed E-state index contributed by atoms with van der Waals surface area (Å²) in [4.78, 5) is 0. The van der Waals surface area contributed by atoms with E-state index in [0.29, 0.717) is 12.0 Å². The maximum absolute atomic E-state index is 6.17. The maximum atomic E-state index is 6.17. The highest BCUT2D eigenvalue weighted by Crippen LogP contribution is 2.43. The molecule has 1 heterocycles. The summed E-state index contributed by atoms with van der Waals surface area (Å²) in [6.07, 6.45) is 14.8. The van der Waals surface area contributed by atoms with Crippen LogP contribution in [0.3, 0.4) is 0 Å². The number of ether oxygens (including phenoxy) is 1. The van der Waals surface area contributed by atoms with Gasteiger partial charge in [-0.05, 0) is 44.4 Å². The van der Waals surface area contributed by atoms with Crippen LogP contribution in [-0.4, -0.2) is 29.3 Å². The van der Waals surface area contributed by atoms with Crippen molar-refractivity contribution in [3.63, 3.8) is 0 Å². The van der Waals surface area contributed by atoms with Crippen LogP contribution in [0.25, 0.3) is 0 Å². The summed E-state index contributed by atoms with van der Waals surface area (Å²) in [5.74, 6) is 7.79. The molecule has 2 aliphatic carbocycles. The lowest BCUT2D eigenvalue weighted by molar-refractivity contribution is -0.0967. The van der Waals surface area contributed by atoms with Gasteiger partial charge in [0.15, 0.2) is 0 Å². The Balaban J connectivity index is 1.50. The lowest BCUT2D eigenvalue weighted by Crippen LogP contribution is -2.49. The quantitative estimate of drug-likeness (QED) is 0.601. The summed E-state index contributed by atoms with van der Waals surface area (Å²) in [6, 6.07) is 0.471. The monoisotopic (exact) mass is 312 g/mol. The van der Waals surface area contributed by atoms with Crippen molar-refractivity contribution in [2.75, 3.05) is 12.4 Å². The molecular weight excluding hydrogens is 280 g/mol. The fourth-order valence-electron chi connectivity index (χ4n) is 4.57. The molecule has 3 fully saturated rings. The Morgan fingerprint density at radius 3 is 2.57 bits per heavy atom. The molecule has 1 spiro atoms. The first-order chi connectivity index (χ1) is 10.3. The zero-order chi connectivity index (χ0) is 14.5. The van der Waals surface area contributed by atoms with Gasteiger partial charge in [-0.3, -0.25) is 11.3 Å². The molecule has 0 aromatic carbocycles. The Bertz CT molecular complexity index is 314. The minimum absolute atomic E-state index is 0.216. The van der Waals surface area contributed by atoms with Crippen LogP contribution < -0.4 is 11.3 Å². The third-order valence-corrected chi connectivity index (χ3v) is 7.39. The van der Waals surface area contributed by atoms with Gasteiger partial charge in [0.05, 0.1) is 5.60 Å². The summed E-state index contributed by atoms with van der Waals surface area (Å²) in [7, 11) is 0. The molecule has 21 heavy (non-hydrogen) atoms. The van der Waals surface area contributed by atoms with Crippen molar-refractivity contribution in [1.29, 1.82) is 0 Å². The minimum atomic E-state index is 0.216. The molecule has 0 bridgehead atoms. The lowest BCUT2D eigenvalue weighted by atomic mass is 9.81. The van der Waals surface area contributed by atoms with Crippen LogP contribution in [0.4, 0.5) is 0 Å². The number of thioether (sulfide) groups is 1. The first-order valence-corrected chi connectivity index (χ1v) is 10.1. The number of rotatable bonds is 5. The molecule has 2 saturated carbocycles. The normalized spacial score (nSPS) is 31.6. The van der Waals surface area contributed by atoms with Crippen molar-refractivity contribution in [2.24, 2.45) is 11.8 Å². The van der Waals surface area contributed by atoms with Gasteiger partial charge in [-0.25, -0.2) is 0 Å². The first-order valence-electron chi connectivity index (χ1n) is 9.03. The second-order valence-corrected chi connectivity index (χ2v) is 8.69. The van der Waals surface area contributed by atoms with Gasteiger partial charge in [0, 0.05) is 23.7 Å². The standard InChI is InChI=1S/C17H32N2OS/c18-19-16(13-21-15-6-2-1-3-7-15)14-8-11-20-17(12-14)9-4-5-10-17/h14-16,19H,1-13,18H2. The van der Waals surface area contributed by atoms with E-state index in [0.717, 1.165) is 11.9 Å². The van der Waals surface area contributed by atoms with E-state index < -0.39 is 0 Å². The molecule has 4 heteroatoms. The Hall–Kier alpha value is 0.230. The van der Waals surface area contributed by atoms with Gasteiger partial charge in [0.1, 0.15) is 0 Å². The van der Waals surface area contributed by atoms with Crippen LogP contribution in [0.1, 0.15) is 70.6 Å². The molecule has 1 aliphatic heterocycles. The van der Waals surface area contributed by atoms with Crippen LogP contribution in [0.5, 0.6) is 0 Å². The Labute approximate surface area is 134 Å². The SMILES string of the molecule is NNC(CSC1CCCCC1)C1CCOC2(CCCC2)C1. The van der Waals surface area contributed by atoms with E-state index in [1.54, 1.807) is 0 Å². The number of hydrogen-bond acceptors (Lipinski definition) is 4.